The standard InChI is InChI=1S/C35H40N2O4Si/c1-24(38)36-21-27-22-37(34(39)41-27)26-17-15-25(16-18-26)30-19-20-31-32(33(30)31)23-40-42(35(2,3)4,28-11-7-5-8-12-28)29-13-9-6-10-14-29/h5-19,27,31-33H,20-23H2,1-4H3,(H,36,38)/t27-,31+,32+,33+/m0/s1. The third-order valence-corrected chi connectivity index (χ3v) is 14.2. The Balaban J connectivity index is 1.16. The minimum atomic E-state index is -2.56. The Bertz CT molecular complexity index is 1430. The summed E-state index contributed by atoms with van der Waals surface area (Å²) in [5, 5.41) is 5.33. The van der Waals surface area contributed by atoms with Crippen molar-refractivity contribution in [1.82, 2.24) is 5.32 Å². The summed E-state index contributed by atoms with van der Waals surface area (Å²) in [7, 11) is -2.56. The van der Waals surface area contributed by atoms with Crippen LogP contribution in [0.5, 0.6) is 0 Å². The third-order valence-electron chi connectivity index (χ3n) is 9.17. The third kappa shape index (κ3) is 5.20. The molecule has 1 heterocycles. The van der Waals surface area contributed by atoms with Crippen LogP contribution in [-0.2, 0) is 14.0 Å². The number of hydrogen-bond acceptors (Lipinski definition) is 4. The van der Waals surface area contributed by atoms with E-state index in [0.717, 1.165) is 18.7 Å². The first-order chi connectivity index (χ1) is 20.2. The highest BCUT2D eigenvalue weighted by atomic mass is 28.4. The number of anilines is 1. The predicted molar refractivity (Wildman–Crippen MR) is 169 cm³/mol. The fourth-order valence-electron chi connectivity index (χ4n) is 7.08. The van der Waals surface area contributed by atoms with Gasteiger partial charge in [-0.15, -0.1) is 0 Å². The maximum Gasteiger partial charge on any atom is 0.414 e. The summed E-state index contributed by atoms with van der Waals surface area (Å²) in [6.07, 6.45) is 2.75. The molecule has 3 aromatic rings. The van der Waals surface area contributed by atoms with Crippen molar-refractivity contribution in [2.24, 2.45) is 17.8 Å². The summed E-state index contributed by atoms with van der Waals surface area (Å²) < 4.78 is 12.7. The molecule has 6 nitrogen and oxygen atoms in total. The number of allylic oxidation sites excluding steroid dienone is 2. The van der Waals surface area contributed by atoms with E-state index in [9.17, 15) is 9.59 Å². The molecule has 42 heavy (non-hydrogen) atoms. The first-order valence-corrected chi connectivity index (χ1v) is 16.9. The van der Waals surface area contributed by atoms with Gasteiger partial charge in [0.1, 0.15) is 6.10 Å². The van der Waals surface area contributed by atoms with Crippen molar-refractivity contribution in [2.45, 2.75) is 45.3 Å². The zero-order valence-corrected chi connectivity index (χ0v) is 25.9. The molecule has 6 rings (SSSR count). The molecule has 2 fully saturated rings. The monoisotopic (exact) mass is 580 g/mol. The van der Waals surface area contributed by atoms with E-state index < -0.39 is 8.32 Å². The molecular weight excluding hydrogens is 540 g/mol. The van der Waals surface area contributed by atoms with Gasteiger partial charge in [-0.3, -0.25) is 9.69 Å². The van der Waals surface area contributed by atoms with Gasteiger partial charge >= 0.3 is 6.09 Å². The fraction of sp³-hybridized carbons (Fsp3) is 0.371. The van der Waals surface area contributed by atoms with E-state index in [2.05, 4.69) is 105 Å². The number of benzene rings is 3. The molecular formula is C35H40N2O4Si. The Hall–Kier alpha value is -3.68. The van der Waals surface area contributed by atoms with Crippen LogP contribution >= 0.6 is 0 Å². The molecule has 0 radical (unpaired) electrons. The normalized spacial score (nSPS) is 23.3. The summed E-state index contributed by atoms with van der Waals surface area (Å²) in [6.45, 7) is 9.96. The van der Waals surface area contributed by atoms with Crippen LogP contribution in [0.4, 0.5) is 10.5 Å². The molecule has 218 valence electrons. The summed E-state index contributed by atoms with van der Waals surface area (Å²) in [6, 6.07) is 30.0. The van der Waals surface area contributed by atoms with Gasteiger partial charge in [0, 0.05) is 19.2 Å². The van der Waals surface area contributed by atoms with Crippen molar-refractivity contribution in [3.63, 3.8) is 0 Å². The lowest BCUT2D eigenvalue weighted by molar-refractivity contribution is -0.119. The van der Waals surface area contributed by atoms with E-state index in [1.807, 2.05) is 12.1 Å². The van der Waals surface area contributed by atoms with Gasteiger partial charge in [0.2, 0.25) is 5.91 Å². The zero-order chi connectivity index (χ0) is 29.5. The van der Waals surface area contributed by atoms with E-state index >= 15 is 0 Å². The quantitative estimate of drug-likeness (QED) is 0.346. The second kappa shape index (κ2) is 11.2. The van der Waals surface area contributed by atoms with E-state index in [0.29, 0.717) is 30.8 Å². The van der Waals surface area contributed by atoms with Gasteiger partial charge in [-0.1, -0.05) is 99.6 Å². The molecule has 3 aliphatic rings. The van der Waals surface area contributed by atoms with Crippen LogP contribution in [0.25, 0.3) is 5.57 Å². The Labute approximate surface area is 249 Å². The number of nitrogens with one attached hydrogen (secondary N) is 1. The first kappa shape index (κ1) is 28.4. The van der Waals surface area contributed by atoms with Gasteiger partial charge in [0.15, 0.2) is 0 Å². The molecule has 1 aliphatic heterocycles. The highest BCUT2D eigenvalue weighted by Crippen LogP contribution is 2.61. The van der Waals surface area contributed by atoms with Crippen molar-refractivity contribution in [3.8, 4) is 0 Å². The lowest BCUT2D eigenvalue weighted by atomic mass is 10.0. The summed E-state index contributed by atoms with van der Waals surface area (Å²) >= 11 is 0. The van der Waals surface area contributed by atoms with Crippen LogP contribution < -0.4 is 20.6 Å². The highest BCUT2D eigenvalue weighted by Gasteiger charge is 2.57. The molecule has 4 atom stereocenters. The molecule has 2 aliphatic carbocycles. The Morgan fingerprint density at radius 1 is 0.976 bits per heavy atom. The van der Waals surface area contributed by atoms with Crippen molar-refractivity contribution in [1.29, 1.82) is 0 Å². The molecule has 2 amide bonds. The average molecular weight is 581 g/mol. The van der Waals surface area contributed by atoms with Crippen molar-refractivity contribution in [3.05, 3.63) is 96.6 Å². The number of amides is 2. The molecule has 1 saturated heterocycles. The van der Waals surface area contributed by atoms with E-state index in [1.54, 1.807) is 4.90 Å². The van der Waals surface area contributed by atoms with Gasteiger partial charge in [0.05, 0.1) is 13.1 Å². The second-order valence-corrected chi connectivity index (χ2v) is 17.1. The van der Waals surface area contributed by atoms with Gasteiger partial charge in [-0.05, 0) is 62.9 Å². The van der Waals surface area contributed by atoms with Crippen molar-refractivity contribution >= 4 is 42.0 Å². The van der Waals surface area contributed by atoms with Gasteiger partial charge in [-0.25, -0.2) is 4.79 Å². The van der Waals surface area contributed by atoms with Crippen LogP contribution in [-0.4, -0.2) is 46.1 Å². The molecule has 0 unspecified atom stereocenters. The molecule has 0 spiro atoms. The van der Waals surface area contributed by atoms with Crippen LogP contribution in [0.2, 0.25) is 5.04 Å². The van der Waals surface area contributed by atoms with E-state index in [-0.39, 0.29) is 23.1 Å². The van der Waals surface area contributed by atoms with Gasteiger partial charge < -0.3 is 14.5 Å². The maximum atomic E-state index is 12.5. The number of ether oxygens (including phenoxy) is 1. The smallest absolute Gasteiger partial charge is 0.414 e. The molecule has 1 saturated carbocycles. The minimum Gasteiger partial charge on any atom is -0.442 e. The van der Waals surface area contributed by atoms with Crippen LogP contribution in [0.15, 0.2) is 91.0 Å². The fourth-order valence-corrected chi connectivity index (χ4v) is 11.7. The molecule has 0 aromatic heterocycles. The predicted octanol–water partition coefficient (Wildman–Crippen LogP) is 5.37. The molecule has 0 bridgehead atoms. The van der Waals surface area contributed by atoms with Crippen molar-refractivity contribution < 1.29 is 18.8 Å². The highest BCUT2D eigenvalue weighted by molar-refractivity contribution is 6.99. The SMILES string of the molecule is CC(=O)NC[C@H]1CN(c2ccc(C3=CC[C@@H]4[C@@H](CO[Si](c5ccccc5)(c5ccccc5)C(C)(C)C)[C@H]34)cc2)C(=O)O1. The Morgan fingerprint density at radius 3 is 2.17 bits per heavy atom. The minimum absolute atomic E-state index is 0.0356. The first-order valence-electron chi connectivity index (χ1n) is 15.0. The number of cyclic esters (lactones) is 1. The van der Waals surface area contributed by atoms with E-state index in [1.165, 1.54) is 28.4 Å². The number of nitrogens with zero attached hydrogens (tertiary/aromatic N) is 1. The molecule has 7 heteroatoms. The summed E-state index contributed by atoms with van der Waals surface area (Å²) in [4.78, 5) is 25.3. The number of carbonyl (C=O) groups is 2. The molecule has 3 aromatic carbocycles. The Morgan fingerprint density at radius 2 is 1.60 bits per heavy atom. The number of rotatable bonds is 9. The number of carbonyl (C=O) groups excluding carboxylic acids is 2. The maximum absolute atomic E-state index is 12.5. The largest absolute Gasteiger partial charge is 0.442 e. The molecule has 1 N–H and O–H groups in total. The lowest BCUT2D eigenvalue weighted by Gasteiger charge is -2.43. The summed E-state index contributed by atoms with van der Waals surface area (Å²) in [5.74, 6) is 1.51. The average Bonchev–Trinajstić information content (AvgIpc) is 3.27. The van der Waals surface area contributed by atoms with Crippen LogP contribution in [0.1, 0.15) is 39.7 Å². The zero-order valence-electron chi connectivity index (χ0n) is 24.9. The number of fused-ring (bicyclic) bond motifs is 1. The van der Waals surface area contributed by atoms with E-state index in [4.69, 9.17) is 9.16 Å². The number of hydrogen-bond donors (Lipinski definition) is 1. The van der Waals surface area contributed by atoms with Gasteiger partial charge in [0.25, 0.3) is 8.32 Å². The second-order valence-electron chi connectivity index (χ2n) is 12.8. The van der Waals surface area contributed by atoms with Crippen molar-refractivity contribution in [2.75, 3.05) is 24.6 Å². The van der Waals surface area contributed by atoms with Crippen LogP contribution in [0.3, 0.4) is 0 Å². The summed E-state index contributed by atoms with van der Waals surface area (Å²) in [5.41, 5.74) is 3.42. The Kier molecular flexibility index (Phi) is 7.58. The van der Waals surface area contributed by atoms with Crippen LogP contribution in [0, 0.1) is 17.8 Å². The lowest BCUT2D eigenvalue weighted by Crippen LogP contribution is -2.66. The van der Waals surface area contributed by atoms with Gasteiger partial charge in [-0.2, -0.15) is 0 Å². The topological polar surface area (TPSA) is 67.9 Å².